The van der Waals surface area contributed by atoms with Gasteiger partial charge in [-0.15, -0.1) is 5.10 Å². The molecule has 0 amide bonds. The van der Waals surface area contributed by atoms with Crippen molar-refractivity contribution in [3.05, 3.63) is 17.6 Å². The number of aromatic nitrogens is 4. The molecule has 2 unspecified atom stereocenters. The molecular formula is C19H26N6OS. The molecule has 27 heavy (non-hydrogen) atoms. The van der Waals surface area contributed by atoms with Crippen LogP contribution in [0.15, 0.2) is 6.33 Å². The summed E-state index contributed by atoms with van der Waals surface area (Å²) < 4.78 is 1.85. The van der Waals surface area contributed by atoms with Crippen LogP contribution < -0.4 is 10.6 Å². The number of fused-ring (bicyclic) bond motifs is 3. The van der Waals surface area contributed by atoms with E-state index in [0.29, 0.717) is 23.0 Å². The lowest BCUT2D eigenvalue weighted by Gasteiger charge is -2.28. The van der Waals surface area contributed by atoms with Crippen molar-refractivity contribution in [2.45, 2.75) is 63.5 Å². The van der Waals surface area contributed by atoms with Crippen LogP contribution in [-0.4, -0.2) is 49.3 Å². The molecule has 0 spiro atoms. The van der Waals surface area contributed by atoms with Crippen molar-refractivity contribution in [1.29, 1.82) is 0 Å². The van der Waals surface area contributed by atoms with Gasteiger partial charge in [0.1, 0.15) is 12.1 Å². The van der Waals surface area contributed by atoms with Crippen LogP contribution in [0.2, 0.25) is 0 Å². The van der Waals surface area contributed by atoms with Crippen LogP contribution in [0, 0.1) is 5.92 Å². The number of hydrogen-bond donors (Lipinski definition) is 2. The number of thioether (sulfide) groups is 1. The first-order chi connectivity index (χ1) is 13.2. The minimum atomic E-state index is 0.0820. The topological polar surface area (TPSA) is 84.2 Å². The van der Waals surface area contributed by atoms with E-state index in [2.05, 4.69) is 32.9 Å². The van der Waals surface area contributed by atoms with Crippen LogP contribution in [-0.2, 0) is 11.2 Å². The van der Waals surface area contributed by atoms with Crippen molar-refractivity contribution >= 4 is 28.2 Å². The molecular weight excluding hydrogens is 360 g/mol. The van der Waals surface area contributed by atoms with Gasteiger partial charge in [0, 0.05) is 23.3 Å². The molecule has 2 aromatic rings. The van der Waals surface area contributed by atoms with Crippen molar-refractivity contribution in [2.75, 3.05) is 17.6 Å². The summed E-state index contributed by atoms with van der Waals surface area (Å²) in [4.78, 5) is 16.3. The molecule has 2 aliphatic heterocycles. The third-order valence-electron chi connectivity index (χ3n) is 6.30. The number of anilines is 1. The molecule has 1 saturated heterocycles. The fourth-order valence-electron chi connectivity index (χ4n) is 4.80. The summed E-state index contributed by atoms with van der Waals surface area (Å²) in [5.41, 5.74) is 3.59. The van der Waals surface area contributed by atoms with Crippen LogP contribution in [0.3, 0.4) is 0 Å². The second kappa shape index (κ2) is 7.05. The van der Waals surface area contributed by atoms with Crippen LogP contribution in [0.25, 0.3) is 5.52 Å². The minimum absolute atomic E-state index is 0.0820. The number of nitrogens with zero attached hydrogens (tertiary/aromatic N) is 4. The average molecular weight is 387 g/mol. The predicted molar refractivity (Wildman–Crippen MR) is 106 cm³/mol. The molecule has 7 nitrogen and oxygen atoms in total. The van der Waals surface area contributed by atoms with E-state index in [1.165, 1.54) is 35.7 Å². The quantitative estimate of drug-likeness (QED) is 0.834. The zero-order valence-corrected chi connectivity index (χ0v) is 16.5. The first kappa shape index (κ1) is 17.4. The molecule has 5 rings (SSSR count). The fourth-order valence-corrected chi connectivity index (χ4v) is 5.75. The van der Waals surface area contributed by atoms with E-state index in [9.17, 15) is 4.79 Å². The Hall–Kier alpha value is -1.67. The molecule has 1 aliphatic carbocycles. The maximum Gasteiger partial charge on any atom is 0.205 e. The first-order valence-corrected chi connectivity index (χ1v) is 11.1. The van der Waals surface area contributed by atoms with Crippen molar-refractivity contribution in [3.8, 4) is 0 Å². The Morgan fingerprint density at radius 2 is 2.15 bits per heavy atom. The van der Waals surface area contributed by atoms with Gasteiger partial charge in [0.2, 0.25) is 5.12 Å². The molecule has 2 aromatic heterocycles. The van der Waals surface area contributed by atoms with Gasteiger partial charge in [0.25, 0.3) is 0 Å². The Morgan fingerprint density at radius 3 is 2.93 bits per heavy atom. The Kier molecular flexibility index (Phi) is 4.55. The van der Waals surface area contributed by atoms with E-state index < -0.39 is 0 Å². The molecule has 0 radical (unpaired) electrons. The number of carbonyl (C=O) groups is 1. The molecule has 2 atom stereocenters. The van der Waals surface area contributed by atoms with Crippen LogP contribution >= 0.6 is 11.8 Å². The fraction of sp³-hybridized carbons (Fsp3) is 0.684. The normalized spacial score (nSPS) is 30.6. The molecule has 2 N–H and O–H groups in total. The monoisotopic (exact) mass is 386 g/mol. The summed E-state index contributed by atoms with van der Waals surface area (Å²) in [6, 6.07) is 0.498. The lowest BCUT2D eigenvalue weighted by molar-refractivity contribution is -0.112. The molecule has 0 bridgehead atoms. The van der Waals surface area contributed by atoms with Gasteiger partial charge in [0.15, 0.2) is 0 Å². The zero-order valence-electron chi connectivity index (χ0n) is 15.6. The van der Waals surface area contributed by atoms with E-state index in [1.807, 2.05) is 4.52 Å². The highest BCUT2D eigenvalue weighted by molar-refractivity contribution is 8.14. The summed E-state index contributed by atoms with van der Waals surface area (Å²) in [5, 5.41) is 16.2. The van der Waals surface area contributed by atoms with E-state index in [4.69, 9.17) is 0 Å². The van der Waals surface area contributed by atoms with Gasteiger partial charge < -0.3 is 10.6 Å². The summed E-state index contributed by atoms with van der Waals surface area (Å²) >= 11 is 1.47. The third-order valence-corrected chi connectivity index (χ3v) is 7.31. The van der Waals surface area contributed by atoms with Crippen molar-refractivity contribution in [2.24, 2.45) is 5.92 Å². The maximum absolute atomic E-state index is 11.8. The van der Waals surface area contributed by atoms with E-state index in [-0.39, 0.29) is 6.04 Å². The number of rotatable bonds is 4. The lowest BCUT2D eigenvalue weighted by Crippen LogP contribution is -2.36. The Labute approximate surface area is 163 Å². The van der Waals surface area contributed by atoms with Gasteiger partial charge in [-0.05, 0) is 57.9 Å². The van der Waals surface area contributed by atoms with Crippen molar-refractivity contribution < 1.29 is 4.79 Å². The Morgan fingerprint density at radius 1 is 1.30 bits per heavy atom. The number of hydrogen-bond acceptors (Lipinski definition) is 7. The largest absolute Gasteiger partial charge is 0.367 e. The van der Waals surface area contributed by atoms with Crippen LogP contribution in [0.5, 0.6) is 0 Å². The number of carbonyl (C=O) groups excluding carboxylic acids is 1. The van der Waals surface area contributed by atoms with Gasteiger partial charge in [0.05, 0.1) is 17.3 Å². The van der Waals surface area contributed by atoms with Crippen molar-refractivity contribution in [1.82, 2.24) is 25.1 Å². The van der Waals surface area contributed by atoms with E-state index in [0.717, 1.165) is 49.5 Å². The van der Waals surface area contributed by atoms with Gasteiger partial charge in [-0.3, -0.25) is 4.79 Å². The molecule has 144 valence electrons. The Bertz CT molecular complexity index is 859. The highest BCUT2D eigenvalue weighted by Crippen LogP contribution is 2.39. The predicted octanol–water partition coefficient (Wildman–Crippen LogP) is 2.38. The highest BCUT2D eigenvalue weighted by Gasteiger charge is 2.31. The van der Waals surface area contributed by atoms with Gasteiger partial charge >= 0.3 is 0 Å². The van der Waals surface area contributed by atoms with Crippen molar-refractivity contribution in [3.63, 3.8) is 0 Å². The SMILES string of the molecule is CC1Cc2c(ncn3nnc(C4CCC(CNC5CCSC5=O)CC4)c23)N1. The molecule has 2 fully saturated rings. The molecule has 8 heteroatoms. The van der Waals surface area contributed by atoms with Gasteiger partial charge in [-0.2, -0.15) is 0 Å². The first-order valence-electron chi connectivity index (χ1n) is 10.1. The molecule has 4 heterocycles. The highest BCUT2D eigenvalue weighted by atomic mass is 32.2. The smallest absolute Gasteiger partial charge is 0.205 e. The summed E-state index contributed by atoms with van der Waals surface area (Å²) in [5.74, 6) is 3.10. The second-order valence-electron chi connectivity index (χ2n) is 8.22. The Balaban J connectivity index is 1.26. The summed E-state index contributed by atoms with van der Waals surface area (Å²) in [6.07, 6.45) is 8.42. The lowest BCUT2D eigenvalue weighted by atomic mass is 9.80. The van der Waals surface area contributed by atoms with Gasteiger partial charge in [-0.1, -0.05) is 17.0 Å². The van der Waals surface area contributed by atoms with Crippen LogP contribution in [0.4, 0.5) is 5.82 Å². The summed E-state index contributed by atoms with van der Waals surface area (Å²) in [6.45, 7) is 3.15. The molecule has 0 aromatic carbocycles. The average Bonchev–Trinajstić information content (AvgIpc) is 3.37. The minimum Gasteiger partial charge on any atom is -0.367 e. The third kappa shape index (κ3) is 3.23. The van der Waals surface area contributed by atoms with Gasteiger partial charge in [-0.25, -0.2) is 9.50 Å². The second-order valence-corrected chi connectivity index (χ2v) is 9.32. The summed E-state index contributed by atoms with van der Waals surface area (Å²) in [7, 11) is 0. The number of nitrogens with one attached hydrogen (secondary N) is 2. The van der Waals surface area contributed by atoms with Crippen LogP contribution in [0.1, 0.15) is 56.2 Å². The standard InChI is InChI=1S/C19H26N6OS/c1-11-8-14-17-16(23-24-25(17)10-21-18(14)22-11)13-4-2-12(3-5-13)9-20-15-6-7-27-19(15)26/h10-13,15,20,22H,2-9H2,1H3. The maximum atomic E-state index is 11.8. The molecule has 1 saturated carbocycles. The zero-order chi connectivity index (χ0) is 18.4. The van der Waals surface area contributed by atoms with E-state index in [1.54, 1.807) is 6.33 Å². The van der Waals surface area contributed by atoms with E-state index >= 15 is 0 Å². The molecule has 3 aliphatic rings.